The van der Waals surface area contributed by atoms with Crippen LogP contribution >= 0.6 is 15.9 Å². The van der Waals surface area contributed by atoms with E-state index in [2.05, 4.69) is 25.7 Å². The lowest BCUT2D eigenvalue weighted by molar-refractivity contribution is 0.211. The summed E-state index contributed by atoms with van der Waals surface area (Å²) in [5.41, 5.74) is 0. The first-order valence-corrected chi connectivity index (χ1v) is 4.07. The molecule has 0 aromatic heterocycles. The normalized spacial score (nSPS) is 8.69. The molecule has 0 saturated carbocycles. The lowest BCUT2D eigenvalue weighted by Gasteiger charge is -1.98. The third-order valence-electron chi connectivity index (χ3n) is 1.14. The first-order valence-electron chi connectivity index (χ1n) is 3.27. The first kappa shape index (κ1) is 9.64. The van der Waals surface area contributed by atoms with Gasteiger partial charge < -0.3 is 4.74 Å². The number of isocyanates is 1. The first-order chi connectivity index (χ1) is 6.22. The van der Waals surface area contributed by atoms with Gasteiger partial charge in [-0.3, -0.25) is 0 Å². The minimum absolute atomic E-state index is 0.318. The Balaban J connectivity index is 2.74. The van der Waals surface area contributed by atoms with E-state index in [0.717, 1.165) is 10.6 Å². The van der Waals surface area contributed by atoms with Gasteiger partial charge in [-0.15, -0.1) is 0 Å². The molecule has 1 aromatic carbocycles. The molecule has 13 heavy (non-hydrogen) atoms. The molecule has 5 heteroatoms. The van der Waals surface area contributed by atoms with Crippen molar-refractivity contribution in [2.24, 2.45) is 4.99 Å². The molecule has 0 radical (unpaired) electrons. The van der Waals surface area contributed by atoms with Gasteiger partial charge in [0.15, 0.2) is 0 Å². The average molecular weight is 242 g/mol. The molecule has 0 atom stereocenters. The lowest BCUT2D eigenvalue weighted by Crippen LogP contribution is -2.00. The summed E-state index contributed by atoms with van der Waals surface area (Å²) >= 11 is 3.19. The summed E-state index contributed by atoms with van der Waals surface area (Å²) in [4.78, 5) is 23.1. The highest BCUT2D eigenvalue weighted by atomic mass is 79.9. The van der Waals surface area contributed by atoms with Crippen molar-refractivity contribution >= 4 is 28.1 Å². The molecule has 0 spiro atoms. The number of carbonyl (C=O) groups excluding carboxylic acids is 2. The SMILES string of the molecule is O=C=NC(=O)Oc1cccc(Br)c1. The second-order valence-electron chi connectivity index (χ2n) is 2.03. The standard InChI is InChI=1S/C8H4BrNO3/c9-6-2-1-3-7(4-6)13-8(12)10-5-11/h1-4H. The fraction of sp³-hybridized carbons (Fsp3) is 0. The van der Waals surface area contributed by atoms with Gasteiger partial charge in [-0.2, -0.15) is 0 Å². The van der Waals surface area contributed by atoms with Crippen LogP contribution in [0.3, 0.4) is 0 Å². The van der Waals surface area contributed by atoms with E-state index in [1.165, 1.54) is 0 Å². The molecular weight excluding hydrogens is 238 g/mol. The van der Waals surface area contributed by atoms with Crippen LogP contribution in [0.1, 0.15) is 0 Å². The molecule has 0 unspecified atom stereocenters. The molecule has 0 aliphatic heterocycles. The molecule has 0 aliphatic rings. The van der Waals surface area contributed by atoms with E-state index < -0.39 is 6.09 Å². The highest BCUT2D eigenvalue weighted by molar-refractivity contribution is 9.10. The highest BCUT2D eigenvalue weighted by Gasteiger charge is 2.01. The second-order valence-corrected chi connectivity index (χ2v) is 2.94. The van der Waals surface area contributed by atoms with Gasteiger partial charge in [-0.05, 0) is 18.2 Å². The molecule has 4 nitrogen and oxygen atoms in total. The number of hydrogen-bond donors (Lipinski definition) is 0. The summed E-state index contributed by atoms with van der Waals surface area (Å²) < 4.78 is 5.41. The Hall–Kier alpha value is -1.45. The predicted octanol–water partition coefficient (Wildman–Crippen LogP) is 2.28. The Bertz CT molecular complexity index is 371. The van der Waals surface area contributed by atoms with Gasteiger partial charge in [0.25, 0.3) is 0 Å². The second kappa shape index (κ2) is 4.54. The number of amides is 1. The van der Waals surface area contributed by atoms with Crippen molar-refractivity contribution in [1.82, 2.24) is 0 Å². The summed E-state index contributed by atoms with van der Waals surface area (Å²) in [6.07, 6.45) is 0.112. The maximum atomic E-state index is 10.7. The van der Waals surface area contributed by atoms with Crippen LogP contribution in [0.15, 0.2) is 33.7 Å². The van der Waals surface area contributed by atoms with Crippen molar-refractivity contribution < 1.29 is 14.3 Å². The fourth-order valence-corrected chi connectivity index (χ4v) is 1.07. The number of nitrogens with zero attached hydrogens (tertiary/aromatic N) is 1. The zero-order valence-corrected chi connectivity index (χ0v) is 7.95. The van der Waals surface area contributed by atoms with Crippen LogP contribution < -0.4 is 4.74 Å². The van der Waals surface area contributed by atoms with Crippen LogP contribution in [-0.2, 0) is 4.79 Å². The van der Waals surface area contributed by atoms with Gasteiger partial charge in [-0.25, -0.2) is 9.59 Å². The van der Waals surface area contributed by atoms with E-state index in [4.69, 9.17) is 0 Å². The topological polar surface area (TPSA) is 55.7 Å². The molecular formula is C8H4BrNO3. The van der Waals surface area contributed by atoms with Crippen molar-refractivity contribution in [3.8, 4) is 5.75 Å². The van der Waals surface area contributed by atoms with Gasteiger partial charge in [-0.1, -0.05) is 27.0 Å². The molecule has 1 amide bonds. The molecule has 0 aliphatic carbocycles. The minimum Gasteiger partial charge on any atom is -0.408 e. The predicted molar refractivity (Wildman–Crippen MR) is 48.3 cm³/mol. The Kier molecular flexibility index (Phi) is 3.37. The maximum absolute atomic E-state index is 10.7. The van der Waals surface area contributed by atoms with Crippen LogP contribution in [0, 0.1) is 0 Å². The van der Waals surface area contributed by atoms with Crippen LogP contribution in [-0.4, -0.2) is 12.2 Å². The summed E-state index contributed by atoms with van der Waals surface area (Å²) in [6, 6.07) is 6.62. The van der Waals surface area contributed by atoms with Crippen molar-refractivity contribution in [1.29, 1.82) is 0 Å². The number of aliphatic imine (C=N–C) groups is 1. The molecule has 1 aromatic rings. The number of benzene rings is 1. The quantitative estimate of drug-likeness (QED) is 0.560. The average Bonchev–Trinajstić information content (AvgIpc) is 2.04. The van der Waals surface area contributed by atoms with E-state index in [0.29, 0.717) is 5.75 Å². The van der Waals surface area contributed by atoms with Crippen molar-refractivity contribution in [3.63, 3.8) is 0 Å². The van der Waals surface area contributed by atoms with E-state index in [1.54, 1.807) is 24.3 Å². The van der Waals surface area contributed by atoms with Crippen LogP contribution in [0.2, 0.25) is 0 Å². The Morgan fingerprint density at radius 1 is 1.54 bits per heavy atom. The van der Waals surface area contributed by atoms with Gasteiger partial charge >= 0.3 is 6.09 Å². The monoisotopic (exact) mass is 241 g/mol. The smallest absolute Gasteiger partial charge is 0.408 e. The number of ether oxygens (including phenoxy) is 1. The zero-order chi connectivity index (χ0) is 9.68. The van der Waals surface area contributed by atoms with E-state index >= 15 is 0 Å². The Morgan fingerprint density at radius 2 is 2.31 bits per heavy atom. The molecule has 0 saturated heterocycles. The van der Waals surface area contributed by atoms with E-state index in [9.17, 15) is 9.59 Å². The molecule has 0 bridgehead atoms. The van der Waals surface area contributed by atoms with Gasteiger partial charge in [0.1, 0.15) is 5.75 Å². The fourth-order valence-electron chi connectivity index (χ4n) is 0.691. The summed E-state index contributed by atoms with van der Waals surface area (Å²) in [5.74, 6) is 0.318. The summed E-state index contributed by atoms with van der Waals surface area (Å²) in [6.45, 7) is 0. The summed E-state index contributed by atoms with van der Waals surface area (Å²) in [5, 5.41) is 0. The van der Waals surface area contributed by atoms with Gasteiger partial charge in [0, 0.05) is 4.47 Å². The Morgan fingerprint density at radius 3 is 2.92 bits per heavy atom. The van der Waals surface area contributed by atoms with Gasteiger partial charge in [0.05, 0.1) is 0 Å². The van der Waals surface area contributed by atoms with Crippen molar-refractivity contribution in [3.05, 3.63) is 28.7 Å². The Labute approximate surface area is 82.4 Å². The third kappa shape index (κ3) is 3.19. The zero-order valence-electron chi connectivity index (χ0n) is 6.36. The van der Waals surface area contributed by atoms with Crippen LogP contribution in [0.4, 0.5) is 4.79 Å². The van der Waals surface area contributed by atoms with E-state index in [1.807, 2.05) is 0 Å². The number of rotatable bonds is 1. The number of hydrogen-bond acceptors (Lipinski definition) is 3. The van der Waals surface area contributed by atoms with Crippen molar-refractivity contribution in [2.45, 2.75) is 0 Å². The van der Waals surface area contributed by atoms with Gasteiger partial charge in [0.2, 0.25) is 6.08 Å². The maximum Gasteiger partial charge on any atom is 0.450 e. The lowest BCUT2D eigenvalue weighted by atomic mass is 10.3. The molecule has 0 heterocycles. The van der Waals surface area contributed by atoms with Crippen molar-refractivity contribution in [2.75, 3.05) is 0 Å². The summed E-state index contributed by atoms with van der Waals surface area (Å²) in [7, 11) is 0. The third-order valence-corrected chi connectivity index (χ3v) is 1.63. The minimum atomic E-state index is -0.979. The van der Waals surface area contributed by atoms with Crippen LogP contribution in [0.5, 0.6) is 5.75 Å². The van der Waals surface area contributed by atoms with Crippen LogP contribution in [0.25, 0.3) is 0 Å². The molecule has 0 N–H and O–H groups in total. The molecule has 0 fully saturated rings. The number of halogens is 1. The number of carbonyl (C=O) groups is 1. The highest BCUT2D eigenvalue weighted by Crippen LogP contribution is 2.17. The van der Waals surface area contributed by atoms with E-state index in [-0.39, 0.29) is 0 Å². The molecule has 66 valence electrons. The largest absolute Gasteiger partial charge is 0.450 e. The molecule has 1 rings (SSSR count).